The van der Waals surface area contributed by atoms with Gasteiger partial charge in [-0.15, -0.1) is 0 Å². The van der Waals surface area contributed by atoms with Crippen LogP contribution < -0.4 is 0 Å². The molecule has 0 bridgehead atoms. The van der Waals surface area contributed by atoms with Gasteiger partial charge in [0.1, 0.15) is 6.61 Å². The minimum Gasteiger partial charge on any atom is -0.461 e. The molecule has 12 heavy (non-hydrogen) atoms. The van der Waals surface area contributed by atoms with Gasteiger partial charge >= 0.3 is 5.97 Å². The molecule has 0 N–H and O–H groups in total. The maximum atomic E-state index is 11.3. The Morgan fingerprint density at radius 1 is 1.50 bits per heavy atom. The van der Waals surface area contributed by atoms with Gasteiger partial charge in [-0.1, -0.05) is 12.5 Å². The van der Waals surface area contributed by atoms with Gasteiger partial charge in [-0.05, 0) is 26.2 Å². The predicted molar refractivity (Wildman–Crippen MR) is 45.6 cm³/mol. The highest BCUT2D eigenvalue weighted by molar-refractivity contribution is 5.93. The van der Waals surface area contributed by atoms with Gasteiger partial charge in [0.15, 0.2) is 0 Å². The van der Waals surface area contributed by atoms with Crippen LogP contribution in [0.3, 0.4) is 0 Å². The van der Waals surface area contributed by atoms with Gasteiger partial charge in [-0.25, -0.2) is 4.79 Å². The van der Waals surface area contributed by atoms with E-state index in [1.165, 1.54) is 12.0 Å². The minimum absolute atomic E-state index is 0.0411. The van der Waals surface area contributed by atoms with Crippen molar-refractivity contribution < 1.29 is 9.53 Å². The number of ether oxygens (including phenoxy) is 1. The summed E-state index contributed by atoms with van der Waals surface area (Å²) in [5, 5.41) is 0. The van der Waals surface area contributed by atoms with E-state index in [1.807, 2.05) is 0 Å². The van der Waals surface area contributed by atoms with Crippen LogP contribution in [0, 0.1) is 5.41 Å². The number of esters is 1. The molecule has 0 spiro atoms. The topological polar surface area (TPSA) is 26.3 Å². The van der Waals surface area contributed by atoms with E-state index in [-0.39, 0.29) is 11.4 Å². The normalized spacial score (nSPS) is 35.0. The summed E-state index contributed by atoms with van der Waals surface area (Å²) in [6, 6.07) is 0. The molecule has 1 heterocycles. The van der Waals surface area contributed by atoms with Crippen molar-refractivity contribution in [3.63, 3.8) is 0 Å². The molecule has 0 aromatic carbocycles. The lowest BCUT2D eigenvalue weighted by atomic mass is 9.73. The van der Waals surface area contributed by atoms with Crippen molar-refractivity contribution in [2.75, 3.05) is 6.61 Å². The van der Waals surface area contributed by atoms with Crippen molar-refractivity contribution in [1.29, 1.82) is 0 Å². The molecule has 0 aromatic heterocycles. The van der Waals surface area contributed by atoms with Crippen molar-refractivity contribution >= 4 is 5.97 Å². The molecule has 0 saturated carbocycles. The first-order valence-corrected chi connectivity index (χ1v) is 4.51. The standard InChI is InChI=1S/C10H14O2/c1-7-4-3-5-10(2)6-12-9(11)8(7)10/h3-6H2,1-2H3/t10-/m0/s1. The summed E-state index contributed by atoms with van der Waals surface area (Å²) in [6.07, 6.45) is 3.37. The molecule has 0 radical (unpaired) electrons. The van der Waals surface area contributed by atoms with E-state index in [4.69, 9.17) is 4.74 Å². The second kappa shape index (κ2) is 2.35. The van der Waals surface area contributed by atoms with E-state index in [0.717, 1.165) is 18.4 Å². The molecule has 66 valence electrons. The Morgan fingerprint density at radius 2 is 2.25 bits per heavy atom. The Labute approximate surface area is 72.6 Å². The molecule has 1 fully saturated rings. The van der Waals surface area contributed by atoms with Crippen LogP contribution in [0.15, 0.2) is 11.1 Å². The Morgan fingerprint density at radius 3 is 2.92 bits per heavy atom. The zero-order valence-corrected chi connectivity index (χ0v) is 7.64. The van der Waals surface area contributed by atoms with Crippen LogP contribution in [0.2, 0.25) is 0 Å². The van der Waals surface area contributed by atoms with Gasteiger partial charge in [0, 0.05) is 11.0 Å². The zero-order valence-electron chi connectivity index (χ0n) is 7.64. The first kappa shape index (κ1) is 7.84. The van der Waals surface area contributed by atoms with Crippen LogP contribution in [-0.2, 0) is 9.53 Å². The predicted octanol–water partition coefficient (Wildman–Crippen LogP) is 2.05. The number of hydrogen-bond donors (Lipinski definition) is 0. The molecule has 0 unspecified atom stereocenters. The number of carbonyl (C=O) groups is 1. The van der Waals surface area contributed by atoms with Gasteiger partial charge in [-0.3, -0.25) is 0 Å². The summed E-state index contributed by atoms with van der Waals surface area (Å²) in [6.45, 7) is 4.79. The monoisotopic (exact) mass is 166 g/mol. The average Bonchev–Trinajstić information content (AvgIpc) is 2.29. The van der Waals surface area contributed by atoms with Crippen molar-refractivity contribution in [3.8, 4) is 0 Å². The molecule has 1 aliphatic carbocycles. The van der Waals surface area contributed by atoms with Gasteiger partial charge in [0.25, 0.3) is 0 Å². The number of fused-ring (bicyclic) bond motifs is 1. The fraction of sp³-hybridized carbons (Fsp3) is 0.700. The van der Waals surface area contributed by atoms with Crippen molar-refractivity contribution in [1.82, 2.24) is 0 Å². The summed E-state index contributed by atoms with van der Waals surface area (Å²) < 4.78 is 5.08. The third-order valence-corrected chi connectivity index (χ3v) is 3.04. The summed E-state index contributed by atoms with van der Waals surface area (Å²) >= 11 is 0. The number of hydrogen-bond acceptors (Lipinski definition) is 2. The van der Waals surface area contributed by atoms with Crippen molar-refractivity contribution in [2.24, 2.45) is 5.41 Å². The fourth-order valence-corrected chi connectivity index (χ4v) is 2.37. The van der Waals surface area contributed by atoms with Gasteiger partial charge in [-0.2, -0.15) is 0 Å². The minimum atomic E-state index is -0.0744. The zero-order chi connectivity index (χ0) is 8.77. The van der Waals surface area contributed by atoms with Crippen molar-refractivity contribution in [3.05, 3.63) is 11.1 Å². The van der Waals surface area contributed by atoms with E-state index in [2.05, 4.69) is 13.8 Å². The lowest BCUT2D eigenvalue weighted by molar-refractivity contribution is -0.135. The Hall–Kier alpha value is -0.790. The molecule has 0 aromatic rings. The molecular weight excluding hydrogens is 152 g/mol. The van der Waals surface area contributed by atoms with E-state index >= 15 is 0 Å². The van der Waals surface area contributed by atoms with Gasteiger partial charge < -0.3 is 4.74 Å². The maximum absolute atomic E-state index is 11.3. The van der Waals surface area contributed by atoms with Gasteiger partial charge in [0.05, 0.1) is 0 Å². The first-order valence-electron chi connectivity index (χ1n) is 4.51. The highest BCUT2D eigenvalue weighted by Crippen LogP contribution is 2.45. The lowest BCUT2D eigenvalue weighted by Crippen LogP contribution is -2.23. The van der Waals surface area contributed by atoms with Crippen LogP contribution in [-0.4, -0.2) is 12.6 Å². The third kappa shape index (κ3) is 0.904. The van der Waals surface area contributed by atoms with E-state index < -0.39 is 0 Å². The molecule has 0 amide bonds. The Bertz CT molecular complexity index is 265. The fourth-order valence-electron chi connectivity index (χ4n) is 2.37. The molecule has 2 rings (SSSR count). The molecule has 1 aliphatic heterocycles. The Kier molecular flexibility index (Phi) is 1.53. The van der Waals surface area contributed by atoms with E-state index in [1.54, 1.807) is 0 Å². The molecule has 2 heteroatoms. The molecule has 1 saturated heterocycles. The van der Waals surface area contributed by atoms with E-state index in [0.29, 0.717) is 6.61 Å². The quantitative estimate of drug-likeness (QED) is 0.515. The smallest absolute Gasteiger partial charge is 0.334 e. The Balaban J connectivity index is 2.48. The number of rotatable bonds is 0. The summed E-state index contributed by atoms with van der Waals surface area (Å²) in [7, 11) is 0. The summed E-state index contributed by atoms with van der Waals surface area (Å²) in [4.78, 5) is 11.3. The summed E-state index contributed by atoms with van der Waals surface area (Å²) in [5.41, 5.74) is 2.25. The second-order valence-electron chi connectivity index (χ2n) is 4.15. The highest BCUT2D eigenvalue weighted by Gasteiger charge is 2.44. The summed E-state index contributed by atoms with van der Waals surface area (Å²) in [5.74, 6) is -0.0744. The average molecular weight is 166 g/mol. The second-order valence-corrected chi connectivity index (χ2v) is 4.15. The van der Waals surface area contributed by atoms with Crippen molar-refractivity contribution in [2.45, 2.75) is 33.1 Å². The van der Waals surface area contributed by atoms with Crippen LogP contribution >= 0.6 is 0 Å². The van der Waals surface area contributed by atoms with Crippen LogP contribution in [0.5, 0.6) is 0 Å². The maximum Gasteiger partial charge on any atom is 0.334 e. The van der Waals surface area contributed by atoms with Crippen LogP contribution in [0.4, 0.5) is 0 Å². The van der Waals surface area contributed by atoms with Crippen LogP contribution in [0.25, 0.3) is 0 Å². The number of allylic oxidation sites excluding steroid dienone is 1. The number of carbonyl (C=O) groups excluding carboxylic acids is 1. The molecular formula is C10H14O2. The largest absolute Gasteiger partial charge is 0.461 e. The van der Waals surface area contributed by atoms with Gasteiger partial charge in [0.2, 0.25) is 0 Å². The SMILES string of the molecule is CC1=C2C(=O)OC[C@]2(C)CCC1. The third-order valence-electron chi connectivity index (χ3n) is 3.04. The van der Waals surface area contributed by atoms with Crippen LogP contribution in [0.1, 0.15) is 33.1 Å². The van der Waals surface area contributed by atoms with E-state index in [9.17, 15) is 4.79 Å². The first-order chi connectivity index (χ1) is 5.63. The molecule has 2 aliphatic rings. The molecule has 1 atom stereocenters. The number of cyclic esters (lactones) is 1. The lowest BCUT2D eigenvalue weighted by Gasteiger charge is -2.27. The highest BCUT2D eigenvalue weighted by atomic mass is 16.5. The molecule has 2 nitrogen and oxygen atoms in total.